The topological polar surface area (TPSA) is 63.8 Å². The quantitative estimate of drug-likeness (QED) is 0.690. The Kier molecular flexibility index (Phi) is 3.73. The standard InChI is InChI=1S/C16H16N2O3/c19-16-3-1-2-8-18(16)9-10-21-13-5-6-14-12(11-13)4-7-15(14)17-20/h1-3,5-6,8,11,20H,4,7,9-10H2/b17-15-. The zero-order valence-corrected chi connectivity index (χ0v) is 11.5. The number of benzene rings is 1. The fourth-order valence-corrected chi connectivity index (χ4v) is 2.55. The number of hydrogen-bond donors (Lipinski definition) is 1. The second-order valence-electron chi connectivity index (χ2n) is 4.95. The highest BCUT2D eigenvalue weighted by atomic mass is 16.5. The van der Waals surface area contributed by atoms with Crippen molar-refractivity contribution in [2.24, 2.45) is 5.16 Å². The van der Waals surface area contributed by atoms with Gasteiger partial charge in [-0.3, -0.25) is 4.79 Å². The maximum atomic E-state index is 11.6. The van der Waals surface area contributed by atoms with Crippen LogP contribution in [0, 0.1) is 0 Å². The summed E-state index contributed by atoms with van der Waals surface area (Å²) in [6.07, 6.45) is 3.37. The van der Waals surface area contributed by atoms with Crippen LogP contribution in [0.3, 0.4) is 0 Å². The summed E-state index contributed by atoms with van der Waals surface area (Å²) in [4.78, 5) is 11.6. The van der Waals surface area contributed by atoms with Crippen molar-refractivity contribution in [1.82, 2.24) is 4.57 Å². The number of ether oxygens (including phenoxy) is 1. The van der Waals surface area contributed by atoms with E-state index in [9.17, 15) is 4.79 Å². The Labute approximate surface area is 122 Å². The predicted molar refractivity (Wildman–Crippen MR) is 79.3 cm³/mol. The van der Waals surface area contributed by atoms with E-state index in [4.69, 9.17) is 9.94 Å². The lowest BCUT2D eigenvalue weighted by atomic mass is 10.1. The van der Waals surface area contributed by atoms with E-state index in [1.54, 1.807) is 16.8 Å². The van der Waals surface area contributed by atoms with Crippen LogP contribution in [0.4, 0.5) is 0 Å². The summed E-state index contributed by atoms with van der Waals surface area (Å²) >= 11 is 0. The minimum absolute atomic E-state index is 0.0288. The highest BCUT2D eigenvalue weighted by molar-refractivity contribution is 6.04. The molecule has 1 aliphatic rings. The van der Waals surface area contributed by atoms with Crippen molar-refractivity contribution in [1.29, 1.82) is 0 Å². The van der Waals surface area contributed by atoms with Crippen LogP contribution in [0.25, 0.3) is 0 Å². The van der Waals surface area contributed by atoms with Crippen molar-refractivity contribution < 1.29 is 9.94 Å². The molecule has 0 saturated heterocycles. The van der Waals surface area contributed by atoms with Gasteiger partial charge >= 0.3 is 0 Å². The fraction of sp³-hybridized carbons (Fsp3) is 0.250. The molecule has 0 aliphatic heterocycles. The van der Waals surface area contributed by atoms with E-state index >= 15 is 0 Å². The summed E-state index contributed by atoms with van der Waals surface area (Å²) in [5, 5.41) is 12.2. The molecule has 0 unspecified atom stereocenters. The van der Waals surface area contributed by atoms with Gasteiger partial charge in [-0.25, -0.2) is 0 Å². The molecule has 0 fully saturated rings. The molecular formula is C16H16N2O3. The van der Waals surface area contributed by atoms with Gasteiger partial charge in [0.1, 0.15) is 12.4 Å². The number of fused-ring (bicyclic) bond motifs is 1. The van der Waals surface area contributed by atoms with E-state index in [1.807, 2.05) is 24.3 Å². The molecule has 108 valence electrons. The average molecular weight is 284 g/mol. The summed E-state index contributed by atoms with van der Waals surface area (Å²) in [7, 11) is 0. The first-order chi connectivity index (χ1) is 10.3. The highest BCUT2D eigenvalue weighted by Gasteiger charge is 2.18. The molecule has 3 rings (SSSR count). The van der Waals surface area contributed by atoms with Crippen molar-refractivity contribution >= 4 is 5.71 Å². The second kappa shape index (κ2) is 5.83. The number of pyridine rings is 1. The van der Waals surface area contributed by atoms with E-state index < -0.39 is 0 Å². The predicted octanol–water partition coefficient (Wildman–Crippen LogP) is 2.05. The Morgan fingerprint density at radius 3 is 2.95 bits per heavy atom. The van der Waals surface area contributed by atoms with Crippen LogP contribution in [0.2, 0.25) is 0 Å². The van der Waals surface area contributed by atoms with Crippen molar-refractivity contribution in [3.8, 4) is 5.75 Å². The van der Waals surface area contributed by atoms with E-state index in [-0.39, 0.29) is 5.56 Å². The first-order valence-corrected chi connectivity index (χ1v) is 6.90. The van der Waals surface area contributed by atoms with Crippen LogP contribution in [-0.2, 0) is 13.0 Å². The van der Waals surface area contributed by atoms with Crippen LogP contribution >= 0.6 is 0 Å². The van der Waals surface area contributed by atoms with Gasteiger partial charge in [0.25, 0.3) is 5.56 Å². The molecule has 1 N–H and O–H groups in total. The Morgan fingerprint density at radius 1 is 1.24 bits per heavy atom. The summed E-state index contributed by atoms with van der Waals surface area (Å²) in [6, 6.07) is 10.8. The third-order valence-electron chi connectivity index (χ3n) is 3.64. The fourth-order valence-electron chi connectivity index (χ4n) is 2.55. The number of nitrogens with zero attached hydrogens (tertiary/aromatic N) is 2. The summed E-state index contributed by atoms with van der Waals surface area (Å²) < 4.78 is 7.31. The van der Waals surface area contributed by atoms with Crippen LogP contribution in [-0.4, -0.2) is 22.1 Å². The number of oxime groups is 1. The molecule has 0 amide bonds. The summed E-state index contributed by atoms with van der Waals surface area (Å²) in [5.74, 6) is 0.775. The maximum Gasteiger partial charge on any atom is 0.250 e. The van der Waals surface area contributed by atoms with Gasteiger partial charge in [0.15, 0.2) is 0 Å². The zero-order chi connectivity index (χ0) is 14.7. The maximum absolute atomic E-state index is 11.6. The van der Waals surface area contributed by atoms with Crippen LogP contribution in [0.1, 0.15) is 17.5 Å². The first kappa shape index (κ1) is 13.4. The summed E-state index contributed by atoms with van der Waals surface area (Å²) in [6.45, 7) is 0.948. The number of aryl methyl sites for hydroxylation is 1. The number of hydrogen-bond acceptors (Lipinski definition) is 4. The van der Waals surface area contributed by atoms with Crippen LogP contribution in [0.5, 0.6) is 5.75 Å². The molecule has 0 atom stereocenters. The minimum Gasteiger partial charge on any atom is -0.492 e. The molecule has 2 aromatic rings. The molecule has 0 bridgehead atoms. The third kappa shape index (κ3) is 2.81. The second-order valence-corrected chi connectivity index (χ2v) is 4.95. The van der Waals surface area contributed by atoms with Crippen LogP contribution < -0.4 is 10.3 Å². The minimum atomic E-state index is -0.0288. The number of aromatic nitrogens is 1. The zero-order valence-electron chi connectivity index (χ0n) is 11.5. The van der Waals surface area contributed by atoms with Crippen molar-refractivity contribution in [2.75, 3.05) is 6.61 Å². The molecule has 5 heteroatoms. The lowest BCUT2D eigenvalue weighted by Crippen LogP contribution is -2.21. The van der Waals surface area contributed by atoms with Gasteiger partial charge in [0.05, 0.1) is 12.3 Å². The Bertz CT molecular complexity index is 734. The van der Waals surface area contributed by atoms with Gasteiger partial charge in [0, 0.05) is 17.8 Å². The van der Waals surface area contributed by atoms with Gasteiger partial charge in [-0.1, -0.05) is 11.2 Å². The molecule has 0 radical (unpaired) electrons. The molecule has 1 aliphatic carbocycles. The van der Waals surface area contributed by atoms with E-state index in [0.717, 1.165) is 35.4 Å². The van der Waals surface area contributed by atoms with E-state index in [0.29, 0.717) is 13.2 Å². The van der Waals surface area contributed by atoms with Gasteiger partial charge in [0.2, 0.25) is 0 Å². The first-order valence-electron chi connectivity index (χ1n) is 6.90. The Hall–Kier alpha value is -2.56. The molecule has 21 heavy (non-hydrogen) atoms. The largest absolute Gasteiger partial charge is 0.492 e. The van der Waals surface area contributed by atoms with Crippen molar-refractivity contribution in [2.45, 2.75) is 19.4 Å². The van der Waals surface area contributed by atoms with Crippen LogP contribution in [0.15, 0.2) is 52.5 Å². The molecule has 1 aromatic carbocycles. The normalized spacial score (nSPS) is 15.1. The van der Waals surface area contributed by atoms with Gasteiger partial charge in [-0.05, 0) is 42.7 Å². The molecule has 5 nitrogen and oxygen atoms in total. The molecule has 1 aromatic heterocycles. The van der Waals surface area contributed by atoms with Gasteiger partial charge < -0.3 is 14.5 Å². The van der Waals surface area contributed by atoms with E-state index in [1.165, 1.54) is 6.07 Å². The smallest absolute Gasteiger partial charge is 0.250 e. The van der Waals surface area contributed by atoms with E-state index in [2.05, 4.69) is 5.16 Å². The van der Waals surface area contributed by atoms with Gasteiger partial charge in [-0.2, -0.15) is 0 Å². The average Bonchev–Trinajstić information content (AvgIpc) is 2.91. The lowest BCUT2D eigenvalue weighted by molar-refractivity contribution is 0.296. The Balaban J connectivity index is 1.65. The monoisotopic (exact) mass is 284 g/mol. The van der Waals surface area contributed by atoms with Gasteiger partial charge in [-0.15, -0.1) is 0 Å². The summed E-state index contributed by atoms with van der Waals surface area (Å²) in [5.41, 5.74) is 2.83. The van der Waals surface area contributed by atoms with Crippen molar-refractivity contribution in [3.63, 3.8) is 0 Å². The highest BCUT2D eigenvalue weighted by Crippen LogP contribution is 2.26. The molecule has 0 spiro atoms. The molecular weight excluding hydrogens is 268 g/mol. The SMILES string of the molecule is O=c1ccccn1CCOc1ccc2c(c1)CC/C2=N/O. The molecule has 0 saturated carbocycles. The Morgan fingerprint density at radius 2 is 2.14 bits per heavy atom. The number of rotatable bonds is 4. The lowest BCUT2D eigenvalue weighted by Gasteiger charge is -2.09. The van der Waals surface area contributed by atoms with Crippen molar-refractivity contribution in [3.05, 3.63) is 64.1 Å². The molecule has 1 heterocycles. The third-order valence-corrected chi connectivity index (χ3v) is 3.64.